The number of hydrogen-bond donors (Lipinski definition) is 4. The fourth-order valence-corrected chi connectivity index (χ4v) is 4.14. The molecule has 0 atom stereocenters. The molecule has 0 radical (unpaired) electrons. The third kappa shape index (κ3) is 4.92. The number of pyridine rings is 1. The van der Waals surface area contributed by atoms with Gasteiger partial charge < -0.3 is 21.5 Å². The van der Waals surface area contributed by atoms with Gasteiger partial charge in [0, 0.05) is 11.8 Å². The number of halogens is 2. The molecule has 0 aliphatic rings. The molecule has 3 rings (SSSR count). The predicted octanol–water partition coefficient (Wildman–Crippen LogP) is 4.43. The molecule has 0 fully saturated rings. The van der Waals surface area contributed by atoms with E-state index in [1.165, 1.54) is 26.8 Å². The lowest BCUT2D eigenvalue weighted by molar-refractivity contribution is -0.114. The second kappa shape index (κ2) is 8.64. The molecule has 2 aromatic heterocycles. The van der Waals surface area contributed by atoms with E-state index in [-0.39, 0.29) is 32.5 Å². The first-order valence-electron chi connectivity index (χ1n) is 9.55. The maximum atomic E-state index is 14.8. The van der Waals surface area contributed by atoms with E-state index in [2.05, 4.69) is 15.6 Å². The van der Waals surface area contributed by atoms with Crippen LogP contribution in [-0.2, 0) is 10.4 Å². The third-order valence-corrected chi connectivity index (χ3v) is 5.70. The minimum atomic E-state index is -1.42. The molecule has 7 nitrogen and oxygen atoms in total. The number of nitrogens with zero attached hydrogens (tertiary/aromatic N) is 1. The second-order valence-electron chi connectivity index (χ2n) is 7.73. The van der Waals surface area contributed by atoms with Crippen molar-refractivity contribution in [1.82, 2.24) is 4.98 Å². The number of hydrogen-bond acceptors (Lipinski definition) is 6. The number of thiophene rings is 1. The zero-order chi connectivity index (χ0) is 23.8. The molecule has 0 unspecified atom stereocenters. The molecule has 1 aromatic carbocycles. The van der Waals surface area contributed by atoms with Gasteiger partial charge in [0.2, 0.25) is 5.91 Å². The van der Waals surface area contributed by atoms with Gasteiger partial charge in [0.05, 0.1) is 28.1 Å². The minimum absolute atomic E-state index is 0.0424. The van der Waals surface area contributed by atoms with Crippen LogP contribution in [0.2, 0.25) is 0 Å². The molecule has 32 heavy (non-hydrogen) atoms. The molecule has 0 saturated heterocycles. The standard InChI is InChI=1S/C22H22F2N4O3S/c1-10-16(27-11(2)29)5-6-18(26-10)28-21-13(20(25)30)9-17(32-21)19-14(23)7-12(8-15(19)24)22(3,4)31/h5-9,31H,1-4H3,(H2,25,30)(H,26,28)(H,27,29). The number of benzene rings is 1. The van der Waals surface area contributed by atoms with Gasteiger partial charge in [-0.3, -0.25) is 9.59 Å². The van der Waals surface area contributed by atoms with Crippen molar-refractivity contribution in [3.63, 3.8) is 0 Å². The van der Waals surface area contributed by atoms with Gasteiger partial charge in [0.1, 0.15) is 22.5 Å². The van der Waals surface area contributed by atoms with Crippen molar-refractivity contribution >= 4 is 39.7 Å². The quantitative estimate of drug-likeness (QED) is 0.434. The Bertz CT molecular complexity index is 1200. The van der Waals surface area contributed by atoms with Crippen LogP contribution in [0.1, 0.15) is 42.4 Å². The van der Waals surface area contributed by atoms with Crippen molar-refractivity contribution < 1.29 is 23.5 Å². The van der Waals surface area contributed by atoms with E-state index < -0.39 is 23.1 Å². The smallest absolute Gasteiger partial charge is 0.251 e. The lowest BCUT2D eigenvalue weighted by Crippen LogP contribution is -2.16. The number of aromatic nitrogens is 1. The van der Waals surface area contributed by atoms with Crippen LogP contribution in [0.4, 0.5) is 25.3 Å². The maximum Gasteiger partial charge on any atom is 0.251 e. The highest BCUT2D eigenvalue weighted by Gasteiger charge is 2.24. The highest BCUT2D eigenvalue weighted by Crippen LogP contribution is 2.40. The van der Waals surface area contributed by atoms with Crippen LogP contribution < -0.4 is 16.4 Å². The first-order chi connectivity index (χ1) is 14.9. The van der Waals surface area contributed by atoms with Crippen molar-refractivity contribution in [2.24, 2.45) is 5.73 Å². The fourth-order valence-electron chi connectivity index (χ4n) is 3.02. The number of carbonyl (C=O) groups is 2. The van der Waals surface area contributed by atoms with Crippen LogP contribution in [0, 0.1) is 18.6 Å². The first-order valence-corrected chi connectivity index (χ1v) is 10.4. The minimum Gasteiger partial charge on any atom is -0.386 e. The van der Waals surface area contributed by atoms with Crippen molar-refractivity contribution in [3.05, 3.63) is 58.8 Å². The van der Waals surface area contributed by atoms with Gasteiger partial charge in [0.25, 0.3) is 5.91 Å². The lowest BCUT2D eigenvalue weighted by atomic mass is 9.96. The number of nitrogens with one attached hydrogen (secondary N) is 2. The van der Waals surface area contributed by atoms with Crippen LogP contribution in [0.5, 0.6) is 0 Å². The summed E-state index contributed by atoms with van der Waals surface area (Å²) in [6.45, 7) is 5.92. The summed E-state index contributed by atoms with van der Waals surface area (Å²) in [4.78, 5) is 27.7. The highest BCUT2D eigenvalue weighted by molar-refractivity contribution is 7.20. The summed E-state index contributed by atoms with van der Waals surface area (Å²) < 4.78 is 29.5. The number of nitrogens with two attached hydrogens (primary N) is 1. The normalized spacial score (nSPS) is 11.3. The van der Waals surface area contributed by atoms with Crippen LogP contribution in [0.15, 0.2) is 30.3 Å². The zero-order valence-corrected chi connectivity index (χ0v) is 18.7. The fraction of sp³-hybridized carbons (Fsp3) is 0.227. The summed E-state index contributed by atoms with van der Waals surface area (Å²) in [6.07, 6.45) is 0. The number of primary amides is 1. The van der Waals surface area contributed by atoms with Gasteiger partial charge >= 0.3 is 0 Å². The summed E-state index contributed by atoms with van der Waals surface area (Å²) >= 11 is 0.934. The molecule has 2 heterocycles. The van der Waals surface area contributed by atoms with Gasteiger partial charge in [-0.2, -0.15) is 0 Å². The summed E-state index contributed by atoms with van der Waals surface area (Å²) in [5.41, 5.74) is 4.90. The number of rotatable bonds is 6. The molecule has 5 N–H and O–H groups in total. The number of amides is 2. The molecule has 0 bridgehead atoms. The van der Waals surface area contributed by atoms with Crippen LogP contribution in [0.25, 0.3) is 10.4 Å². The van der Waals surface area contributed by atoms with E-state index in [9.17, 15) is 23.5 Å². The van der Waals surface area contributed by atoms with Crippen molar-refractivity contribution in [1.29, 1.82) is 0 Å². The van der Waals surface area contributed by atoms with E-state index >= 15 is 0 Å². The van der Waals surface area contributed by atoms with Crippen molar-refractivity contribution in [3.8, 4) is 10.4 Å². The Kier molecular flexibility index (Phi) is 6.29. The Balaban J connectivity index is 2.01. The predicted molar refractivity (Wildman–Crippen MR) is 120 cm³/mol. The number of carbonyl (C=O) groups excluding carboxylic acids is 2. The van der Waals surface area contributed by atoms with Gasteiger partial charge in [-0.05, 0) is 56.7 Å². The number of aryl methyl sites for hydroxylation is 1. The van der Waals surface area contributed by atoms with E-state index in [0.717, 1.165) is 23.5 Å². The molecular formula is C22H22F2N4O3S. The highest BCUT2D eigenvalue weighted by atomic mass is 32.1. The van der Waals surface area contributed by atoms with E-state index in [1.54, 1.807) is 19.1 Å². The molecule has 10 heteroatoms. The summed E-state index contributed by atoms with van der Waals surface area (Å²) in [5.74, 6) is -2.42. The summed E-state index contributed by atoms with van der Waals surface area (Å²) in [7, 11) is 0. The Hall–Kier alpha value is -3.37. The maximum absolute atomic E-state index is 14.8. The van der Waals surface area contributed by atoms with Crippen LogP contribution >= 0.6 is 11.3 Å². The average Bonchev–Trinajstić information content (AvgIpc) is 3.06. The summed E-state index contributed by atoms with van der Waals surface area (Å²) in [5, 5.41) is 15.9. The van der Waals surface area contributed by atoms with Crippen LogP contribution in [0.3, 0.4) is 0 Å². The van der Waals surface area contributed by atoms with Gasteiger partial charge in [-0.1, -0.05) is 0 Å². The van der Waals surface area contributed by atoms with Gasteiger partial charge in [-0.15, -0.1) is 11.3 Å². The molecule has 2 amide bonds. The average molecular weight is 461 g/mol. The molecule has 0 aliphatic carbocycles. The molecule has 3 aromatic rings. The molecule has 0 aliphatic heterocycles. The zero-order valence-electron chi connectivity index (χ0n) is 17.8. The van der Waals surface area contributed by atoms with Crippen LogP contribution in [-0.4, -0.2) is 21.9 Å². The third-order valence-electron chi connectivity index (χ3n) is 4.63. The Labute approximate surface area is 187 Å². The SMILES string of the molecule is CC(=O)Nc1ccc(Nc2sc(-c3c(F)cc(C(C)(C)O)cc3F)cc2C(N)=O)nc1C. The molecule has 0 saturated carbocycles. The number of aliphatic hydroxyl groups is 1. The molecular weight excluding hydrogens is 438 g/mol. The molecule has 168 valence electrons. The largest absolute Gasteiger partial charge is 0.386 e. The monoisotopic (exact) mass is 460 g/mol. The summed E-state index contributed by atoms with van der Waals surface area (Å²) in [6, 6.07) is 6.64. The Morgan fingerprint density at radius 1 is 1.16 bits per heavy atom. The topological polar surface area (TPSA) is 117 Å². The molecule has 0 spiro atoms. The first kappa shape index (κ1) is 23.3. The second-order valence-corrected chi connectivity index (χ2v) is 8.78. The van der Waals surface area contributed by atoms with E-state index in [0.29, 0.717) is 17.2 Å². The van der Waals surface area contributed by atoms with E-state index in [4.69, 9.17) is 5.73 Å². The van der Waals surface area contributed by atoms with Gasteiger partial charge in [0.15, 0.2) is 0 Å². The van der Waals surface area contributed by atoms with E-state index in [1.807, 2.05) is 0 Å². The van der Waals surface area contributed by atoms with Crippen molar-refractivity contribution in [2.75, 3.05) is 10.6 Å². The van der Waals surface area contributed by atoms with Gasteiger partial charge in [-0.25, -0.2) is 13.8 Å². The van der Waals surface area contributed by atoms with Crippen molar-refractivity contribution in [2.45, 2.75) is 33.3 Å². The Morgan fingerprint density at radius 3 is 2.28 bits per heavy atom. The Morgan fingerprint density at radius 2 is 1.78 bits per heavy atom. The number of anilines is 3. The lowest BCUT2D eigenvalue weighted by Gasteiger charge is -2.18.